The Morgan fingerprint density at radius 2 is 0.891 bits per heavy atom. The second-order valence-electron chi connectivity index (χ2n) is 11.5. The van der Waals surface area contributed by atoms with Gasteiger partial charge >= 0.3 is 18.2 Å². The first-order valence-electron chi connectivity index (χ1n) is 15.3. The van der Waals surface area contributed by atoms with Gasteiger partial charge in [-0.05, 0) is 50.1 Å². The van der Waals surface area contributed by atoms with Crippen LogP contribution in [-0.2, 0) is 20.7 Å². The monoisotopic (exact) mass is 609 g/mol. The van der Waals surface area contributed by atoms with Gasteiger partial charge in [-0.3, -0.25) is 0 Å². The number of rotatable bonds is 8. The largest absolute Gasteiger partial charge is 0.480 e. The first-order valence-corrected chi connectivity index (χ1v) is 15.3. The van der Waals surface area contributed by atoms with Crippen molar-refractivity contribution in [2.24, 2.45) is 0 Å². The molecule has 7 nitrogen and oxygen atoms in total. The third kappa shape index (κ3) is 5.30. The van der Waals surface area contributed by atoms with Crippen LogP contribution in [0.3, 0.4) is 0 Å². The van der Waals surface area contributed by atoms with E-state index in [-0.39, 0.29) is 31.5 Å². The van der Waals surface area contributed by atoms with E-state index in [1.807, 2.05) is 103 Å². The summed E-state index contributed by atoms with van der Waals surface area (Å²) < 4.78 is 11.6. The van der Waals surface area contributed by atoms with Gasteiger partial charge in [0, 0.05) is 18.3 Å². The molecule has 0 radical (unpaired) electrons. The zero-order valence-electron chi connectivity index (χ0n) is 24.9. The molecule has 7 rings (SSSR count). The van der Waals surface area contributed by atoms with E-state index in [0.717, 1.165) is 44.5 Å². The lowest BCUT2D eigenvalue weighted by Crippen LogP contribution is -2.50. The van der Waals surface area contributed by atoms with Crippen molar-refractivity contribution in [1.29, 1.82) is 0 Å². The van der Waals surface area contributed by atoms with Crippen molar-refractivity contribution in [2.45, 2.75) is 24.3 Å². The van der Waals surface area contributed by atoms with Gasteiger partial charge in [-0.1, -0.05) is 127 Å². The molecular formula is C39H31NO6. The highest BCUT2D eigenvalue weighted by Gasteiger charge is 2.40. The molecule has 5 aromatic rings. The summed E-state index contributed by atoms with van der Waals surface area (Å²) >= 11 is 0. The van der Waals surface area contributed by atoms with Gasteiger partial charge in [0.15, 0.2) is 0 Å². The average Bonchev–Trinajstić information content (AvgIpc) is 3.59. The summed E-state index contributed by atoms with van der Waals surface area (Å²) in [6, 6.07) is 39.0. The molecule has 0 aliphatic heterocycles. The van der Waals surface area contributed by atoms with Crippen LogP contribution in [-0.4, -0.2) is 47.4 Å². The molecule has 1 atom stereocenters. The first-order chi connectivity index (χ1) is 22.5. The maximum atomic E-state index is 13.8. The summed E-state index contributed by atoms with van der Waals surface area (Å²) in [7, 11) is 0. The predicted octanol–water partition coefficient (Wildman–Crippen LogP) is 7.88. The molecular weight excluding hydrogens is 578 g/mol. The molecule has 5 aromatic carbocycles. The van der Waals surface area contributed by atoms with Crippen molar-refractivity contribution in [1.82, 2.24) is 4.90 Å². The Hall–Kier alpha value is -5.69. The molecule has 0 saturated carbocycles. The number of hydrogen-bond acceptors (Lipinski definition) is 5. The fourth-order valence-corrected chi connectivity index (χ4v) is 6.78. The molecule has 0 aromatic heterocycles. The standard InChI is InChI=1S/C39H31NO6/c41-37(42)36(22-25-12-2-1-3-13-25)40(38(43)45-23-34-30-18-8-4-14-26(30)27-15-5-9-19-31(27)34)39(44)46-24-35-32-20-10-6-16-28(32)29-17-7-11-21-33(29)35/h1-21,34-36H,22-24H2,(H,41,42)/t36-/m0/s1. The Labute approximate surface area is 266 Å². The van der Waals surface area contributed by atoms with E-state index in [1.54, 1.807) is 24.3 Å². The van der Waals surface area contributed by atoms with Crippen LogP contribution < -0.4 is 0 Å². The minimum absolute atomic E-state index is 0.0717. The number of fused-ring (bicyclic) bond motifs is 6. The number of carbonyl (C=O) groups excluding carboxylic acids is 2. The van der Waals surface area contributed by atoms with Crippen LogP contribution >= 0.6 is 0 Å². The molecule has 0 saturated heterocycles. The van der Waals surface area contributed by atoms with E-state index < -0.39 is 24.2 Å². The minimum Gasteiger partial charge on any atom is -0.480 e. The number of hydrogen-bond donors (Lipinski definition) is 1. The number of carboxylic acid groups (broad SMARTS) is 1. The summed E-state index contributed by atoms with van der Waals surface area (Å²) in [5, 5.41) is 10.3. The summed E-state index contributed by atoms with van der Waals surface area (Å²) in [4.78, 5) is 41.0. The van der Waals surface area contributed by atoms with Crippen LogP contribution in [0.15, 0.2) is 127 Å². The Balaban J connectivity index is 1.16. The lowest BCUT2D eigenvalue weighted by molar-refractivity contribution is -0.142. The van der Waals surface area contributed by atoms with Crippen molar-refractivity contribution in [3.8, 4) is 22.3 Å². The van der Waals surface area contributed by atoms with Gasteiger partial charge < -0.3 is 14.6 Å². The van der Waals surface area contributed by atoms with Crippen molar-refractivity contribution >= 4 is 18.2 Å². The fraction of sp³-hybridized carbons (Fsp3) is 0.154. The SMILES string of the molecule is O=C(O)[C@H](Cc1ccccc1)N(C(=O)OCC1c2ccccc2-c2ccccc21)C(=O)OCC1c2ccccc2-c2ccccc21. The molecule has 0 heterocycles. The topological polar surface area (TPSA) is 93.1 Å². The van der Waals surface area contributed by atoms with Crippen molar-refractivity contribution < 1.29 is 29.0 Å². The second-order valence-corrected chi connectivity index (χ2v) is 11.5. The Bertz CT molecular complexity index is 1730. The first kappa shape index (κ1) is 29.0. The van der Waals surface area contributed by atoms with E-state index in [9.17, 15) is 19.5 Å². The highest BCUT2D eigenvalue weighted by atomic mass is 16.6. The molecule has 0 fully saturated rings. The van der Waals surface area contributed by atoms with Crippen LogP contribution in [0.25, 0.3) is 22.3 Å². The number of imide groups is 1. The van der Waals surface area contributed by atoms with Crippen molar-refractivity contribution in [2.75, 3.05) is 13.2 Å². The third-order valence-electron chi connectivity index (χ3n) is 8.93. The molecule has 228 valence electrons. The van der Waals surface area contributed by atoms with Gasteiger partial charge in [-0.15, -0.1) is 0 Å². The molecule has 0 bridgehead atoms. The Morgan fingerprint density at radius 1 is 0.543 bits per heavy atom. The van der Waals surface area contributed by atoms with Gasteiger partial charge in [0.25, 0.3) is 0 Å². The molecule has 0 spiro atoms. The lowest BCUT2D eigenvalue weighted by atomic mass is 9.98. The zero-order chi connectivity index (χ0) is 31.6. The average molecular weight is 610 g/mol. The fourth-order valence-electron chi connectivity index (χ4n) is 6.78. The molecule has 2 aliphatic rings. The highest BCUT2D eigenvalue weighted by Crippen LogP contribution is 2.46. The number of benzene rings is 5. The van der Waals surface area contributed by atoms with Crippen LogP contribution in [0, 0.1) is 0 Å². The Kier molecular flexibility index (Phi) is 7.81. The number of aliphatic carboxylic acids is 1. The van der Waals surface area contributed by atoms with Gasteiger partial charge in [0.05, 0.1) is 0 Å². The molecule has 7 heteroatoms. The molecule has 2 aliphatic carbocycles. The number of amides is 2. The van der Waals surface area contributed by atoms with Gasteiger partial charge in [-0.2, -0.15) is 4.90 Å². The second kappa shape index (κ2) is 12.4. The smallest absolute Gasteiger partial charge is 0.420 e. The van der Waals surface area contributed by atoms with E-state index >= 15 is 0 Å². The molecule has 46 heavy (non-hydrogen) atoms. The normalized spacial score (nSPS) is 13.6. The summed E-state index contributed by atoms with van der Waals surface area (Å²) in [6.45, 7) is -0.143. The van der Waals surface area contributed by atoms with Gasteiger partial charge in [-0.25, -0.2) is 14.4 Å². The maximum Gasteiger partial charge on any atom is 0.420 e. The quantitative estimate of drug-likeness (QED) is 0.192. The van der Waals surface area contributed by atoms with Crippen LogP contribution in [0.4, 0.5) is 9.59 Å². The molecule has 0 unspecified atom stereocenters. The molecule has 2 amide bonds. The summed E-state index contributed by atoms with van der Waals surface area (Å²) in [5.74, 6) is -1.87. The van der Waals surface area contributed by atoms with E-state index in [1.165, 1.54) is 0 Å². The van der Waals surface area contributed by atoms with Crippen molar-refractivity contribution in [3.63, 3.8) is 0 Å². The summed E-state index contributed by atoms with van der Waals surface area (Å²) in [5.41, 5.74) is 8.89. The van der Waals surface area contributed by atoms with Crippen LogP contribution in [0.2, 0.25) is 0 Å². The van der Waals surface area contributed by atoms with Crippen LogP contribution in [0.1, 0.15) is 39.7 Å². The molecule has 1 N–H and O–H groups in total. The maximum absolute atomic E-state index is 13.8. The van der Waals surface area contributed by atoms with Crippen molar-refractivity contribution in [3.05, 3.63) is 155 Å². The number of ether oxygens (including phenoxy) is 2. The number of nitrogens with zero attached hydrogens (tertiary/aromatic N) is 1. The lowest BCUT2D eigenvalue weighted by Gasteiger charge is -2.27. The summed E-state index contributed by atoms with van der Waals surface area (Å²) in [6.07, 6.45) is -2.24. The Morgan fingerprint density at radius 3 is 1.26 bits per heavy atom. The minimum atomic E-state index is -1.55. The number of carboxylic acids is 1. The van der Waals surface area contributed by atoms with E-state index in [4.69, 9.17) is 9.47 Å². The zero-order valence-corrected chi connectivity index (χ0v) is 24.9. The van der Waals surface area contributed by atoms with E-state index in [0.29, 0.717) is 10.5 Å². The highest BCUT2D eigenvalue weighted by molar-refractivity contribution is 5.94. The van der Waals surface area contributed by atoms with Crippen LogP contribution in [0.5, 0.6) is 0 Å². The predicted molar refractivity (Wildman–Crippen MR) is 174 cm³/mol. The van der Waals surface area contributed by atoms with E-state index in [2.05, 4.69) is 0 Å². The number of carbonyl (C=O) groups is 3. The third-order valence-corrected chi connectivity index (χ3v) is 8.93. The van der Waals surface area contributed by atoms with Gasteiger partial charge in [0.2, 0.25) is 0 Å². The van der Waals surface area contributed by atoms with Gasteiger partial charge in [0.1, 0.15) is 19.3 Å².